The van der Waals surface area contributed by atoms with Crippen LogP contribution in [0.4, 0.5) is 17.1 Å². The average Bonchev–Trinajstić information content (AvgIpc) is 3.61. The lowest BCUT2D eigenvalue weighted by Gasteiger charge is -2.36. The van der Waals surface area contributed by atoms with E-state index in [1.807, 2.05) is 113 Å². The molecule has 2 aromatic heterocycles. The number of benzene rings is 3. The molecule has 1 aliphatic carbocycles. The standard InChI is InChI=1S/C41H38N4O3S2/c1-24-15-18-30(19-16-24)42-37(46)36-33-13-9-10-14-35(33)50-40(36)43-27(4)22-29(28(43)5)23-34-38(47)44(31-11-7-6-8-12-31)41(49)45(39(34)48)32-20-17-25(2)26(3)21-32/h6-8,11-12,15-23H,9-10,13-14H2,1-5H3,(H,42,46)/b34-23-. The highest BCUT2D eigenvalue weighted by Crippen LogP contribution is 2.40. The third kappa shape index (κ3) is 5.90. The van der Waals surface area contributed by atoms with E-state index in [0.29, 0.717) is 16.9 Å². The number of anilines is 3. The summed E-state index contributed by atoms with van der Waals surface area (Å²) in [5.74, 6) is -1.10. The topological polar surface area (TPSA) is 74.7 Å². The predicted octanol–water partition coefficient (Wildman–Crippen LogP) is 8.96. The summed E-state index contributed by atoms with van der Waals surface area (Å²) in [5, 5.41) is 4.09. The van der Waals surface area contributed by atoms with Crippen molar-refractivity contribution in [1.82, 2.24) is 4.57 Å². The lowest BCUT2D eigenvalue weighted by Crippen LogP contribution is -2.57. The van der Waals surface area contributed by atoms with Gasteiger partial charge >= 0.3 is 0 Å². The number of hydrogen-bond acceptors (Lipinski definition) is 5. The van der Waals surface area contributed by atoms with E-state index in [4.69, 9.17) is 12.2 Å². The second-order valence-corrected chi connectivity index (χ2v) is 14.5. The Hall–Kier alpha value is -5.12. The van der Waals surface area contributed by atoms with E-state index in [-0.39, 0.29) is 16.6 Å². The molecule has 7 rings (SSSR count). The van der Waals surface area contributed by atoms with E-state index in [0.717, 1.165) is 75.6 Å². The highest BCUT2D eigenvalue weighted by Gasteiger charge is 2.41. The first kappa shape index (κ1) is 33.4. The molecule has 50 heavy (non-hydrogen) atoms. The van der Waals surface area contributed by atoms with Crippen molar-refractivity contribution < 1.29 is 14.4 Å². The molecule has 2 aliphatic rings. The lowest BCUT2D eigenvalue weighted by atomic mass is 9.95. The Kier molecular flexibility index (Phi) is 8.88. The minimum absolute atomic E-state index is 0.00347. The molecule has 0 bridgehead atoms. The monoisotopic (exact) mass is 698 g/mol. The molecule has 1 aliphatic heterocycles. The zero-order valence-corrected chi connectivity index (χ0v) is 30.4. The molecular formula is C41H38N4O3S2. The molecule has 3 heterocycles. The molecule has 9 heteroatoms. The summed E-state index contributed by atoms with van der Waals surface area (Å²) in [6.45, 7) is 9.98. The third-order valence-electron chi connectivity index (χ3n) is 9.68. The van der Waals surface area contributed by atoms with Gasteiger partial charge in [0.25, 0.3) is 17.7 Å². The zero-order chi connectivity index (χ0) is 35.3. The number of nitrogens with zero attached hydrogens (tertiary/aromatic N) is 3. The molecule has 5 aromatic rings. The van der Waals surface area contributed by atoms with E-state index < -0.39 is 11.8 Å². The maximum atomic E-state index is 14.3. The molecule has 0 spiro atoms. The van der Waals surface area contributed by atoms with Gasteiger partial charge in [0.1, 0.15) is 10.6 Å². The van der Waals surface area contributed by atoms with E-state index >= 15 is 0 Å². The molecular weight excluding hydrogens is 661 g/mol. The van der Waals surface area contributed by atoms with Gasteiger partial charge in [0, 0.05) is 22.0 Å². The van der Waals surface area contributed by atoms with Crippen molar-refractivity contribution in [2.45, 2.75) is 60.3 Å². The quantitative estimate of drug-likeness (QED) is 0.109. The number of carbonyl (C=O) groups excluding carboxylic acids is 3. The van der Waals surface area contributed by atoms with Crippen molar-refractivity contribution in [1.29, 1.82) is 0 Å². The summed E-state index contributed by atoms with van der Waals surface area (Å²) in [6, 6.07) is 24.7. The molecule has 252 valence electrons. The molecule has 0 saturated carbocycles. The third-order valence-corrected chi connectivity index (χ3v) is 11.3. The van der Waals surface area contributed by atoms with Crippen LogP contribution in [0.3, 0.4) is 0 Å². The van der Waals surface area contributed by atoms with Gasteiger partial charge in [-0.25, -0.2) is 0 Å². The van der Waals surface area contributed by atoms with Crippen LogP contribution < -0.4 is 15.1 Å². The fourth-order valence-electron chi connectivity index (χ4n) is 6.80. The van der Waals surface area contributed by atoms with Crippen molar-refractivity contribution in [3.63, 3.8) is 0 Å². The maximum absolute atomic E-state index is 14.3. The number of fused-ring (bicyclic) bond motifs is 1. The first-order chi connectivity index (χ1) is 24.0. The fraction of sp³-hybridized carbons (Fsp3) is 0.220. The van der Waals surface area contributed by atoms with Gasteiger partial charge in [-0.15, -0.1) is 11.3 Å². The van der Waals surface area contributed by atoms with Gasteiger partial charge < -0.3 is 9.88 Å². The summed E-state index contributed by atoms with van der Waals surface area (Å²) < 4.78 is 2.10. The Morgan fingerprint density at radius 2 is 1.48 bits per heavy atom. The summed E-state index contributed by atoms with van der Waals surface area (Å²) in [6.07, 6.45) is 5.59. The summed E-state index contributed by atoms with van der Waals surface area (Å²) in [4.78, 5) is 46.7. The smallest absolute Gasteiger partial charge is 0.270 e. The minimum atomic E-state index is -0.485. The molecule has 7 nitrogen and oxygen atoms in total. The first-order valence-corrected chi connectivity index (χ1v) is 18.0. The maximum Gasteiger partial charge on any atom is 0.270 e. The molecule has 0 radical (unpaired) electrons. The molecule has 0 unspecified atom stereocenters. The Labute approximate surface area is 301 Å². The number of para-hydroxylation sites is 1. The summed E-state index contributed by atoms with van der Waals surface area (Å²) in [7, 11) is 0. The number of aromatic nitrogens is 1. The zero-order valence-electron chi connectivity index (χ0n) is 28.8. The number of rotatable bonds is 6. The van der Waals surface area contributed by atoms with Crippen molar-refractivity contribution in [2.75, 3.05) is 15.1 Å². The number of thiocarbonyl (C=S) groups is 1. The van der Waals surface area contributed by atoms with Crippen LogP contribution in [0.5, 0.6) is 0 Å². The van der Waals surface area contributed by atoms with Gasteiger partial charge in [0.15, 0.2) is 5.11 Å². The Morgan fingerprint density at radius 1 is 0.800 bits per heavy atom. The molecule has 3 aromatic carbocycles. The Morgan fingerprint density at radius 3 is 2.18 bits per heavy atom. The lowest BCUT2D eigenvalue weighted by molar-refractivity contribution is -0.120. The summed E-state index contributed by atoms with van der Waals surface area (Å²) in [5.41, 5.74) is 9.40. The molecule has 3 amide bonds. The van der Waals surface area contributed by atoms with Gasteiger partial charge in [-0.05, 0) is 143 Å². The highest BCUT2D eigenvalue weighted by molar-refractivity contribution is 7.81. The number of carbonyl (C=O) groups is 3. The average molecular weight is 699 g/mol. The first-order valence-electron chi connectivity index (χ1n) is 16.8. The largest absolute Gasteiger partial charge is 0.322 e. The van der Waals surface area contributed by atoms with Gasteiger partial charge in [0.05, 0.1) is 16.9 Å². The van der Waals surface area contributed by atoms with Crippen LogP contribution in [0.25, 0.3) is 11.1 Å². The van der Waals surface area contributed by atoms with Crippen molar-refractivity contribution in [2.24, 2.45) is 0 Å². The van der Waals surface area contributed by atoms with Crippen LogP contribution in [0.15, 0.2) is 84.4 Å². The number of thiophene rings is 1. The summed E-state index contributed by atoms with van der Waals surface area (Å²) >= 11 is 7.51. The van der Waals surface area contributed by atoms with Crippen LogP contribution in [0.2, 0.25) is 0 Å². The van der Waals surface area contributed by atoms with Gasteiger partial charge in [-0.3, -0.25) is 24.2 Å². The van der Waals surface area contributed by atoms with Crippen LogP contribution in [-0.4, -0.2) is 27.4 Å². The predicted molar refractivity (Wildman–Crippen MR) is 207 cm³/mol. The van der Waals surface area contributed by atoms with Gasteiger partial charge in [0.2, 0.25) is 0 Å². The molecule has 0 atom stereocenters. The molecule has 1 fully saturated rings. The van der Waals surface area contributed by atoms with Crippen LogP contribution in [0.1, 0.15) is 67.3 Å². The molecule has 1 N–H and O–H groups in total. The van der Waals surface area contributed by atoms with E-state index in [1.54, 1.807) is 17.4 Å². The Balaban J connectivity index is 1.34. The van der Waals surface area contributed by atoms with Crippen molar-refractivity contribution in [3.8, 4) is 5.00 Å². The number of aryl methyl sites for hydroxylation is 5. The van der Waals surface area contributed by atoms with E-state index in [2.05, 4.69) is 9.88 Å². The van der Waals surface area contributed by atoms with Crippen LogP contribution in [0, 0.1) is 34.6 Å². The van der Waals surface area contributed by atoms with Gasteiger partial charge in [-0.2, -0.15) is 0 Å². The SMILES string of the molecule is Cc1ccc(NC(=O)c2c(-n3c(C)cc(/C=C4/C(=O)N(c5ccccc5)C(=S)N(c5ccc(C)c(C)c5)C4=O)c3C)sc3c2CCCC3)cc1. The second kappa shape index (κ2) is 13.3. The number of nitrogens with one attached hydrogen (secondary N) is 1. The van der Waals surface area contributed by atoms with E-state index in [9.17, 15) is 14.4 Å². The molecule has 1 saturated heterocycles. The van der Waals surface area contributed by atoms with Gasteiger partial charge in [-0.1, -0.05) is 42.0 Å². The number of hydrogen-bond donors (Lipinski definition) is 1. The fourth-order valence-corrected chi connectivity index (χ4v) is 8.68. The van der Waals surface area contributed by atoms with E-state index in [1.165, 1.54) is 14.7 Å². The normalized spacial score (nSPS) is 15.5. The minimum Gasteiger partial charge on any atom is -0.322 e. The number of amides is 3. The van der Waals surface area contributed by atoms with Crippen LogP contribution >= 0.6 is 23.6 Å². The highest BCUT2D eigenvalue weighted by atomic mass is 32.1. The Bertz CT molecular complexity index is 2230. The van der Waals surface area contributed by atoms with Crippen molar-refractivity contribution in [3.05, 3.63) is 134 Å². The van der Waals surface area contributed by atoms with Crippen LogP contribution in [-0.2, 0) is 22.4 Å². The second-order valence-electron chi connectivity index (χ2n) is 13.1. The van der Waals surface area contributed by atoms with Crippen molar-refractivity contribution >= 4 is 69.5 Å².